The van der Waals surface area contributed by atoms with Gasteiger partial charge in [0.15, 0.2) is 5.90 Å². The summed E-state index contributed by atoms with van der Waals surface area (Å²) in [4.78, 5) is 14.9. The zero-order valence-corrected chi connectivity index (χ0v) is 8.61. The van der Waals surface area contributed by atoms with Gasteiger partial charge in [0.05, 0.1) is 13.2 Å². The number of nitriles is 1. The maximum absolute atomic E-state index is 11.1. The zero-order valence-electron chi connectivity index (χ0n) is 8.61. The Morgan fingerprint density at radius 2 is 2.00 bits per heavy atom. The van der Waals surface area contributed by atoms with Crippen LogP contribution in [0.1, 0.15) is 20.8 Å². The van der Waals surface area contributed by atoms with Crippen LogP contribution < -0.4 is 0 Å². The number of ether oxygens (including phenoxy) is 2. The quantitative estimate of drug-likeness (QED) is 0.382. The van der Waals surface area contributed by atoms with Crippen LogP contribution in [0.2, 0.25) is 0 Å². The van der Waals surface area contributed by atoms with Gasteiger partial charge in [0.25, 0.3) is 0 Å². The van der Waals surface area contributed by atoms with Gasteiger partial charge >= 0.3 is 5.97 Å². The van der Waals surface area contributed by atoms with E-state index in [9.17, 15) is 4.79 Å². The summed E-state index contributed by atoms with van der Waals surface area (Å²) in [5.74, 6) is -0.332. The lowest BCUT2D eigenvalue weighted by Crippen LogP contribution is -2.21. The number of rotatable bonds is 4. The summed E-state index contributed by atoms with van der Waals surface area (Å²) in [5.41, 5.74) is 0. The minimum absolute atomic E-state index is 0.236. The highest BCUT2D eigenvalue weighted by atomic mass is 16.5. The molecule has 0 bridgehead atoms. The summed E-state index contributed by atoms with van der Waals surface area (Å²) in [5, 5.41) is 8.63. The molecule has 0 amide bonds. The van der Waals surface area contributed by atoms with Gasteiger partial charge < -0.3 is 9.47 Å². The Hall–Kier alpha value is -1.57. The van der Waals surface area contributed by atoms with Crippen molar-refractivity contribution in [2.24, 2.45) is 4.99 Å². The van der Waals surface area contributed by atoms with Crippen molar-refractivity contribution in [3.05, 3.63) is 0 Å². The van der Waals surface area contributed by atoms with E-state index in [2.05, 4.69) is 9.73 Å². The molecule has 0 aromatic carbocycles. The molecule has 0 fully saturated rings. The first-order chi connectivity index (χ1) is 6.65. The summed E-state index contributed by atoms with van der Waals surface area (Å²) in [6, 6.07) is 0.610. The molecule has 78 valence electrons. The molecule has 1 unspecified atom stereocenters. The molecule has 1 atom stereocenters. The molecule has 14 heavy (non-hydrogen) atoms. The van der Waals surface area contributed by atoms with E-state index in [1.807, 2.05) is 0 Å². The van der Waals surface area contributed by atoms with E-state index in [-0.39, 0.29) is 6.61 Å². The molecule has 5 nitrogen and oxygen atoms in total. The van der Waals surface area contributed by atoms with Crippen molar-refractivity contribution in [1.29, 1.82) is 5.26 Å². The number of carbonyl (C=O) groups excluding carboxylic acids is 1. The van der Waals surface area contributed by atoms with E-state index in [0.717, 1.165) is 0 Å². The molecule has 0 rings (SSSR count). The predicted molar refractivity (Wildman–Crippen MR) is 50.8 cm³/mol. The fourth-order valence-electron chi connectivity index (χ4n) is 0.783. The average molecular weight is 198 g/mol. The first-order valence-corrected chi connectivity index (χ1v) is 4.39. The predicted octanol–water partition coefficient (Wildman–Crippen LogP) is 0.897. The third-order valence-electron chi connectivity index (χ3n) is 1.30. The summed E-state index contributed by atoms with van der Waals surface area (Å²) < 4.78 is 9.64. The number of nitrogens with zero attached hydrogens (tertiary/aromatic N) is 2. The molecule has 0 N–H and O–H groups in total. The van der Waals surface area contributed by atoms with Crippen molar-refractivity contribution in [2.45, 2.75) is 26.8 Å². The third-order valence-corrected chi connectivity index (χ3v) is 1.30. The van der Waals surface area contributed by atoms with Gasteiger partial charge in [-0.1, -0.05) is 0 Å². The van der Waals surface area contributed by atoms with Crippen molar-refractivity contribution in [3.63, 3.8) is 0 Å². The van der Waals surface area contributed by atoms with Crippen molar-refractivity contribution in [2.75, 3.05) is 13.2 Å². The number of esters is 1. The van der Waals surface area contributed by atoms with Crippen LogP contribution in [0.15, 0.2) is 4.99 Å². The minimum atomic E-state index is -1.12. The highest BCUT2D eigenvalue weighted by molar-refractivity contribution is 5.83. The highest BCUT2D eigenvalue weighted by Gasteiger charge is 2.18. The summed E-state index contributed by atoms with van der Waals surface area (Å²) in [7, 11) is 0. The summed E-state index contributed by atoms with van der Waals surface area (Å²) >= 11 is 0. The van der Waals surface area contributed by atoms with Crippen LogP contribution in [0, 0.1) is 11.3 Å². The first kappa shape index (κ1) is 12.4. The molecule has 0 aliphatic heterocycles. The van der Waals surface area contributed by atoms with E-state index in [1.165, 1.54) is 0 Å². The SMILES string of the molecule is CCOC(=O)C(C#N)/N=C(/C)OCC. The van der Waals surface area contributed by atoms with E-state index >= 15 is 0 Å². The van der Waals surface area contributed by atoms with Gasteiger partial charge in [-0.2, -0.15) is 5.26 Å². The molecule has 0 aromatic rings. The number of aliphatic imine (C=N–C) groups is 1. The Bertz CT molecular complexity index is 255. The Kier molecular flexibility index (Phi) is 6.12. The van der Waals surface area contributed by atoms with Crippen LogP contribution >= 0.6 is 0 Å². The minimum Gasteiger partial charge on any atom is -0.481 e. The van der Waals surface area contributed by atoms with Crippen molar-refractivity contribution in [1.82, 2.24) is 0 Å². The largest absolute Gasteiger partial charge is 0.481 e. The van der Waals surface area contributed by atoms with Gasteiger partial charge in [0.1, 0.15) is 6.07 Å². The van der Waals surface area contributed by atoms with Crippen molar-refractivity contribution in [3.8, 4) is 6.07 Å². The van der Waals surface area contributed by atoms with Crippen LogP contribution in [0.3, 0.4) is 0 Å². The molecule has 0 aromatic heterocycles. The molecule has 0 spiro atoms. The highest BCUT2D eigenvalue weighted by Crippen LogP contribution is 1.96. The van der Waals surface area contributed by atoms with Crippen molar-refractivity contribution >= 4 is 11.9 Å². The summed E-state index contributed by atoms with van der Waals surface area (Å²) in [6.07, 6.45) is 0. The van der Waals surface area contributed by atoms with Gasteiger partial charge in [0.2, 0.25) is 6.04 Å². The maximum Gasteiger partial charge on any atom is 0.345 e. The smallest absolute Gasteiger partial charge is 0.345 e. The molecule has 5 heteroatoms. The van der Waals surface area contributed by atoms with Crippen LogP contribution in [0.5, 0.6) is 0 Å². The fourth-order valence-corrected chi connectivity index (χ4v) is 0.783. The molecule has 0 aliphatic carbocycles. The number of hydrogen-bond acceptors (Lipinski definition) is 5. The average Bonchev–Trinajstić information content (AvgIpc) is 2.15. The Labute approximate surface area is 83.3 Å². The second-order valence-corrected chi connectivity index (χ2v) is 2.36. The lowest BCUT2D eigenvalue weighted by atomic mass is 10.3. The second-order valence-electron chi connectivity index (χ2n) is 2.36. The van der Waals surface area contributed by atoms with Crippen LogP contribution in [-0.4, -0.2) is 31.1 Å². The molecule has 0 saturated carbocycles. The number of hydrogen-bond donors (Lipinski definition) is 0. The lowest BCUT2D eigenvalue weighted by Gasteiger charge is -2.05. The van der Waals surface area contributed by atoms with Gasteiger partial charge in [-0.25, -0.2) is 9.79 Å². The normalized spacial score (nSPS) is 12.9. The first-order valence-electron chi connectivity index (χ1n) is 4.39. The molecule has 0 radical (unpaired) electrons. The van der Waals surface area contributed by atoms with E-state index in [4.69, 9.17) is 10.00 Å². The Balaban J connectivity index is 4.36. The van der Waals surface area contributed by atoms with Crippen molar-refractivity contribution < 1.29 is 14.3 Å². The number of carbonyl (C=O) groups is 1. The Morgan fingerprint density at radius 1 is 1.43 bits per heavy atom. The lowest BCUT2D eigenvalue weighted by molar-refractivity contribution is -0.143. The monoisotopic (exact) mass is 198 g/mol. The van der Waals surface area contributed by atoms with E-state index in [1.54, 1.807) is 26.8 Å². The molecule has 0 saturated heterocycles. The van der Waals surface area contributed by atoms with Gasteiger partial charge in [-0.15, -0.1) is 0 Å². The third kappa shape index (κ3) is 4.45. The van der Waals surface area contributed by atoms with Gasteiger partial charge in [0, 0.05) is 6.92 Å². The second kappa shape index (κ2) is 6.89. The maximum atomic E-state index is 11.1. The van der Waals surface area contributed by atoms with Gasteiger partial charge in [-0.05, 0) is 13.8 Å². The van der Waals surface area contributed by atoms with Crippen LogP contribution in [0.4, 0.5) is 0 Å². The molecule has 0 aliphatic rings. The molecule has 0 heterocycles. The molecular formula is C9H14N2O3. The van der Waals surface area contributed by atoms with Crippen LogP contribution in [0.25, 0.3) is 0 Å². The molecular weight excluding hydrogens is 184 g/mol. The standard InChI is InChI=1S/C9H14N2O3/c1-4-13-7(3)11-8(6-10)9(12)14-5-2/h8H,4-5H2,1-3H3/b11-7-. The Morgan fingerprint density at radius 3 is 2.43 bits per heavy atom. The summed E-state index contributed by atoms with van der Waals surface area (Å²) in [6.45, 7) is 5.75. The van der Waals surface area contributed by atoms with Gasteiger partial charge in [-0.3, -0.25) is 0 Å². The topological polar surface area (TPSA) is 71.7 Å². The van der Waals surface area contributed by atoms with E-state index < -0.39 is 12.0 Å². The van der Waals surface area contributed by atoms with Crippen LogP contribution in [-0.2, 0) is 14.3 Å². The fraction of sp³-hybridized carbons (Fsp3) is 0.667. The zero-order chi connectivity index (χ0) is 11.0. The van der Waals surface area contributed by atoms with E-state index in [0.29, 0.717) is 12.5 Å².